The Balaban J connectivity index is 1.96. The lowest BCUT2D eigenvalue weighted by Crippen LogP contribution is -2.40. The molecule has 0 radical (unpaired) electrons. The molecule has 0 saturated carbocycles. The van der Waals surface area contributed by atoms with Crippen LogP contribution in [0.4, 0.5) is 0 Å². The number of hydrogen-bond donors (Lipinski definition) is 0. The van der Waals surface area contributed by atoms with Crippen molar-refractivity contribution in [1.82, 2.24) is 4.98 Å². The van der Waals surface area contributed by atoms with E-state index in [9.17, 15) is 0 Å². The Kier molecular flexibility index (Phi) is 4.01. The molecule has 0 unspecified atom stereocenters. The topological polar surface area (TPSA) is 12.9 Å². The zero-order valence-electron chi connectivity index (χ0n) is 15.3. The monoisotopic (exact) mass is 361 g/mol. The summed E-state index contributed by atoms with van der Waals surface area (Å²) in [4.78, 5) is 4.89. The van der Waals surface area contributed by atoms with Crippen molar-refractivity contribution >= 4 is 44.8 Å². The van der Waals surface area contributed by atoms with E-state index in [0.717, 1.165) is 12.1 Å². The lowest BCUT2D eigenvalue weighted by atomic mass is 10.0. The first-order valence-electron chi connectivity index (χ1n) is 8.89. The van der Waals surface area contributed by atoms with Crippen LogP contribution >= 0.6 is 11.3 Å². The third kappa shape index (κ3) is 2.81. The Labute approximate surface area is 154 Å². The Morgan fingerprint density at radius 3 is 2.48 bits per heavy atom. The number of nitrogens with zero attached hydrogens (tertiary/aromatic N) is 1. The van der Waals surface area contributed by atoms with Crippen LogP contribution in [-0.2, 0) is 6.42 Å². The highest BCUT2D eigenvalue weighted by Crippen LogP contribution is 2.39. The van der Waals surface area contributed by atoms with Gasteiger partial charge in [0.1, 0.15) is 0 Å². The largest absolute Gasteiger partial charge is 0.256 e. The number of benzene rings is 2. The van der Waals surface area contributed by atoms with E-state index >= 15 is 0 Å². The molecular formula is C22H23NSSi. The molecule has 0 aliphatic rings. The van der Waals surface area contributed by atoms with E-state index in [1.165, 1.54) is 36.5 Å². The Morgan fingerprint density at radius 2 is 1.72 bits per heavy atom. The zero-order chi connectivity index (χ0) is 17.6. The summed E-state index contributed by atoms with van der Waals surface area (Å²) in [5.74, 6) is 0. The van der Waals surface area contributed by atoms with Crippen molar-refractivity contribution in [2.24, 2.45) is 0 Å². The van der Waals surface area contributed by atoms with Gasteiger partial charge in [-0.25, -0.2) is 0 Å². The van der Waals surface area contributed by atoms with Crippen LogP contribution in [0.2, 0.25) is 19.6 Å². The summed E-state index contributed by atoms with van der Waals surface area (Å²) >= 11 is 1.88. The van der Waals surface area contributed by atoms with Gasteiger partial charge in [0.05, 0.1) is 13.8 Å². The molecule has 4 aromatic rings. The van der Waals surface area contributed by atoms with Crippen molar-refractivity contribution < 1.29 is 0 Å². The maximum absolute atomic E-state index is 4.89. The van der Waals surface area contributed by atoms with Crippen LogP contribution in [0.3, 0.4) is 0 Å². The number of rotatable bonds is 3. The van der Waals surface area contributed by atoms with Gasteiger partial charge in [0, 0.05) is 31.9 Å². The molecule has 0 amide bonds. The first kappa shape index (κ1) is 16.5. The molecule has 0 atom stereocenters. The van der Waals surface area contributed by atoms with E-state index in [0.29, 0.717) is 0 Å². The Morgan fingerprint density at radius 1 is 0.960 bits per heavy atom. The number of fused-ring (bicyclic) bond motifs is 3. The van der Waals surface area contributed by atoms with Crippen molar-refractivity contribution in [3.63, 3.8) is 0 Å². The van der Waals surface area contributed by atoms with Crippen LogP contribution < -0.4 is 5.19 Å². The summed E-state index contributed by atoms with van der Waals surface area (Å²) in [6.45, 7) is 9.45. The summed E-state index contributed by atoms with van der Waals surface area (Å²) in [5.41, 5.74) is 3.83. The van der Waals surface area contributed by atoms with Gasteiger partial charge in [-0.15, -0.1) is 11.3 Å². The van der Waals surface area contributed by atoms with E-state index in [1.807, 2.05) is 11.3 Å². The second-order valence-corrected chi connectivity index (χ2v) is 13.7. The molecular weight excluding hydrogens is 338 g/mol. The molecule has 0 spiro atoms. The smallest absolute Gasteiger partial charge is 0.0799 e. The average Bonchev–Trinajstić information content (AvgIpc) is 2.99. The predicted octanol–water partition coefficient (Wildman–Crippen LogP) is 6.22. The highest BCUT2D eigenvalue weighted by molar-refractivity contribution is 7.26. The second kappa shape index (κ2) is 6.08. The van der Waals surface area contributed by atoms with Gasteiger partial charge in [0.15, 0.2) is 0 Å². The number of aromatic nitrogens is 1. The third-order valence-electron chi connectivity index (χ3n) is 4.86. The van der Waals surface area contributed by atoms with E-state index in [4.69, 9.17) is 4.98 Å². The number of thiophene rings is 1. The molecule has 126 valence electrons. The SMILES string of the molecule is CCc1cc(-c2cccc3c2sc2ccccc23)ncc1[Si](C)(C)C. The van der Waals surface area contributed by atoms with Gasteiger partial charge < -0.3 is 0 Å². The Bertz CT molecular complexity index is 1070. The lowest BCUT2D eigenvalue weighted by molar-refractivity contribution is 1.13. The standard InChI is InChI=1S/C22H23NSSi/c1-5-15-13-19(23-14-21(15)25(2,3)4)18-11-8-10-17-16-9-6-7-12-20(16)24-22(17)18/h6-14H,5H2,1-4H3. The minimum absolute atomic E-state index is 1.07. The molecule has 25 heavy (non-hydrogen) atoms. The van der Waals surface area contributed by atoms with Crippen LogP contribution in [0.25, 0.3) is 31.4 Å². The van der Waals surface area contributed by atoms with E-state index in [-0.39, 0.29) is 0 Å². The summed E-state index contributed by atoms with van der Waals surface area (Å²) in [5, 5.41) is 4.17. The highest BCUT2D eigenvalue weighted by Gasteiger charge is 2.21. The molecule has 0 fully saturated rings. The van der Waals surface area contributed by atoms with Gasteiger partial charge >= 0.3 is 0 Å². The van der Waals surface area contributed by atoms with Crippen molar-refractivity contribution in [2.45, 2.75) is 33.0 Å². The predicted molar refractivity (Wildman–Crippen MR) is 115 cm³/mol. The molecule has 4 rings (SSSR count). The summed E-state index contributed by atoms with van der Waals surface area (Å²) in [6, 6.07) is 17.6. The van der Waals surface area contributed by atoms with Crippen LogP contribution in [-0.4, -0.2) is 13.1 Å². The molecule has 3 heteroatoms. The molecule has 2 heterocycles. The fourth-order valence-corrected chi connectivity index (χ4v) is 6.45. The zero-order valence-corrected chi connectivity index (χ0v) is 17.1. The van der Waals surface area contributed by atoms with Crippen molar-refractivity contribution in [1.29, 1.82) is 0 Å². The fraction of sp³-hybridized carbons (Fsp3) is 0.227. The molecule has 2 aromatic heterocycles. The molecule has 0 aliphatic heterocycles. The van der Waals surface area contributed by atoms with E-state index < -0.39 is 8.07 Å². The van der Waals surface area contributed by atoms with Gasteiger partial charge in [-0.05, 0) is 29.3 Å². The van der Waals surface area contributed by atoms with Gasteiger partial charge in [0.25, 0.3) is 0 Å². The molecule has 0 bridgehead atoms. The maximum Gasteiger partial charge on any atom is 0.0799 e. The second-order valence-electron chi connectivity index (χ2n) is 7.61. The summed E-state index contributed by atoms with van der Waals surface area (Å²) < 4.78 is 2.69. The molecule has 0 saturated heterocycles. The normalized spacial score (nSPS) is 12.2. The van der Waals surface area contributed by atoms with E-state index in [1.54, 1.807) is 0 Å². The van der Waals surface area contributed by atoms with Gasteiger partial charge in [-0.1, -0.05) is 63.0 Å². The highest BCUT2D eigenvalue weighted by atomic mass is 32.1. The molecule has 1 nitrogen and oxygen atoms in total. The fourth-order valence-electron chi connectivity index (χ4n) is 3.56. The van der Waals surface area contributed by atoms with Crippen molar-refractivity contribution in [3.8, 4) is 11.3 Å². The average molecular weight is 362 g/mol. The van der Waals surface area contributed by atoms with E-state index in [2.05, 4.69) is 81.3 Å². The number of pyridine rings is 1. The van der Waals surface area contributed by atoms with Crippen molar-refractivity contribution in [3.05, 3.63) is 60.3 Å². The molecule has 0 N–H and O–H groups in total. The summed E-state index contributed by atoms with van der Waals surface area (Å²) in [6.07, 6.45) is 3.21. The van der Waals surface area contributed by atoms with Crippen LogP contribution in [0.15, 0.2) is 54.7 Å². The lowest BCUT2D eigenvalue weighted by Gasteiger charge is -2.20. The minimum Gasteiger partial charge on any atom is -0.256 e. The number of hydrogen-bond acceptors (Lipinski definition) is 2. The first-order valence-corrected chi connectivity index (χ1v) is 13.2. The van der Waals surface area contributed by atoms with Gasteiger partial charge in [-0.3, -0.25) is 4.98 Å². The maximum atomic E-state index is 4.89. The third-order valence-corrected chi connectivity index (χ3v) is 8.14. The molecule has 0 aliphatic carbocycles. The van der Waals surface area contributed by atoms with Crippen LogP contribution in [0.5, 0.6) is 0 Å². The first-order chi connectivity index (χ1) is 12.0. The quantitative estimate of drug-likeness (QED) is 0.394. The minimum atomic E-state index is -1.36. The van der Waals surface area contributed by atoms with Crippen molar-refractivity contribution in [2.75, 3.05) is 0 Å². The van der Waals surface area contributed by atoms with Crippen LogP contribution in [0, 0.1) is 0 Å². The Hall–Kier alpha value is -1.97. The summed E-state index contributed by atoms with van der Waals surface area (Å²) in [7, 11) is -1.36. The van der Waals surface area contributed by atoms with Gasteiger partial charge in [-0.2, -0.15) is 0 Å². The number of aryl methyl sites for hydroxylation is 1. The van der Waals surface area contributed by atoms with Gasteiger partial charge in [0.2, 0.25) is 0 Å². The van der Waals surface area contributed by atoms with Crippen LogP contribution in [0.1, 0.15) is 12.5 Å². The molecule has 2 aromatic carbocycles.